The van der Waals surface area contributed by atoms with Crippen LogP contribution in [0.5, 0.6) is 0 Å². The fourth-order valence-electron chi connectivity index (χ4n) is 2.51. The quantitative estimate of drug-likeness (QED) is 0.322. The standard InChI is InChI=1S/C19H14FN3O4S2/c20-13-3-1-12(2-4-13)11-16-18(25)22(19(28)29-16)10-9-17(24)21-14-5-7-15(8-6-14)23(26)27/h1-8,11H,9-10H2,(H,21,24)/b16-11-. The van der Waals surface area contributed by atoms with Gasteiger partial charge in [0.2, 0.25) is 5.91 Å². The molecule has 29 heavy (non-hydrogen) atoms. The molecular formula is C19H14FN3O4S2. The number of hydrogen-bond acceptors (Lipinski definition) is 6. The third-order valence-corrected chi connectivity index (χ3v) is 5.34. The normalized spacial score (nSPS) is 15.1. The van der Waals surface area contributed by atoms with Crippen LogP contribution in [0, 0.1) is 15.9 Å². The maximum absolute atomic E-state index is 13.0. The third kappa shape index (κ3) is 5.24. The molecule has 0 aromatic heterocycles. The van der Waals surface area contributed by atoms with Gasteiger partial charge in [0.25, 0.3) is 11.6 Å². The van der Waals surface area contributed by atoms with Gasteiger partial charge in [-0.05, 0) is 35.9 Å². The highest BCUT2D eigenvalue weighted by Crippen LogP contribution is 2.32. The maximum Gasteiger partial charge on any atom is 0.269 e. The second kappa shape index (κ2) is 8.93. The van der Waals surface area contributed by atoms with Crippen LogP contribution in [0.3, 0.4) is 0 Å². The van der Waals surface area contributed by atoms with E-state index < -0.39 is 4.92 Å². The molecule has 1 heterocycles. The summed E-state index contributed by atoms with van der Waals surface area (Å²) in [6.07, 6.45) is 1.63. The van der Waals surface area contributed by atoms with Gasteiger partial charge < -0.3 is 5.32 Å². The fourth-order valence-corrected chi connectivity index (χ4v) is 3.82. The lowest BCUT2D eigenvalue weighted by molar-refractivity contribution is -0.384. The number of rotatable bonds is 6. The number of carbonyl (C=O) groups is 2. The zero-order valence-electron chi connectivity index (χ0n) is 14.8. The summed E-state index contributed by atoms with van der Waals surface area (Å²) in [6.45, 7) is 0.101. The van der Waals surface area contributed by atoms with E-state index in [4.69, 9.17) is 12.2 Å². The molecular weight excluding hydrogens is 417 g/mol. The topological polar surface area (TPSA) is 92.6 Å². The molecule has 1 saturated heterocycles. The Morgan fingerprint density at radius 1 is 1.21 bits per heavy atom. The molecule has 1 N–H and O–H groups in total. The van der Waals surface area contributed by atoms with Gasteiger partial charge in [-0.1, -0.05) is 36.1 Å². The summed E-state index contributed by atoms with van der Waals surface area (Å²) >= 11 is 6.34. The highest BCUT2D eigenvalue weighted by Gasteiger charge is 2.32. The molecule has 1 fully saturated rings. The molecule has 3 rings (SSSR count). The largest absolute Gasteiger partial charge is 0.326 e. The van der Waals surface area contributed by atoms with Crippen molar-refractivity contribution in [3.05, 3.63) is 74.9 Å². The van der Waals surface area contributed by atoms with Crippen molar-refractivity contribution in [2.24, 2.45) is 0 Å². The number of non-ortho nitro benzene ring substituents is 1. The zero-order chi connectivity index (χ0) is 21.0. The van der Waals surface area contributed by atoms with Crippen LogP contribution in [0.25, 0.3) is 6.08 Å². The van der Waals surface area contributed by atoms with Gasteiger partial charge in [-0.2, -0.15) is 0 Å². The van der Waals surface area contributed by atoms with E-state index in [0.29, 0.717) is 20.5 Å². The minimum absolute atomic E-state index is 0.00720. The van der Waals surface area contributed by atoms with Gasteiger partial charge in [-0.3, -0.25) is 24.6 Å². The van der Waals surface area contributed by atoms with E-state index >= 15 is 0 Å². The number of carbonyl (C=O) groups excluding carboxylic acids is 2. The van der Waals surface area contributed by atoms with E-state index in [1.807, 2.05) is 0 Å². The van der Waals surface area contributed by atoms with Crippen molar-refractivity contribution in [2.45, 2.75) is 6.42 Å². The van der Waals surface area contributed by atoms with Crippen LogP contribution >= 0.6 is 24.0 Å². The Labute approximate surface area is 174 Å². The average molecular weight is 431 g/mol. The van der Waals surface area contributed by atoms with Crippen molar-refractivity contribution >= 4 is 57.6 Å². The summed E-state index contributed by atoms with van der Waals surface area (Å²) in [6, 6.07) is 11.2. The molecule has 1 aliphatic rings. The van der Waals surface area contributed by atoms with E-state index in [0.717, 1.165) is 11.8 Å². The Morgan fingerprint density at radius 2 is 1.86 bits per heavy atom. The van der Waals surface area contributed by atoms with E-state index in [1.165, 1.54) is 41.3 Å². The molecule has 2 aromatic rings. The van der Waals surface area contributed by atoms with Crippen molar-refractivity contribution in [3.8, 4) is 0 Å². The van der Waals surface area contributed by atoms with E-state index in [2.05, 4.69) is 5.32 Å². The number of nitro groups is 1. The average Bonchev–Trinajstić information content (AvgIpc) is 2.95. The summed E-state index contributed by atoms with van der Waals surface area (Å²) in [5.41, 5.74) is 1.01. The first-order chi connectivity index (χ1) is 13.8. The molecule has 2 amide bonds. The maximum atomic E-state index is 13.0. The predicted octanol–water partition coefficient (Wildman–Crippen LogP) is 3.96. The second-order valence-corrected chi connectivity index (χ2v) is 7.66. The van der Waals surface area contributed by atoms with Gasteiger partial charge in [0, 0.05) is 30.8 Å². The number of hydrogen-bond donors (Lipinski definition) is 1. The Bertz CT molecular complexity index is 1010. The number of anilines is 1. The molecule has 10 heteroatoms. The number of benzene rings is 2. The number of thioether (sulfide) groups is 1. The first kappa shape index (κ1) is 20.6. The predicted molar refractivity (Wildman–Crippen MR) is 113 cm³/mol. The number of nitro benzene ring substituents is 1. The molecule has 148 valence electrons. The fraction of sp³-hybridized carbons (Fsp3) is 0.105. The second-order valence-electron chi connectivity index (χ2n) is 5.99. The number of thiocarbonyl (C=S) groups is 1. The monoisotopic (exact) mass is 431 g/mol. The molecule has 0 radical (unpaired) electrons. The number of halogens is 1. The van der Waals surface area contributed by atoms with Crippen LogP contribution < -0.4 is 5.32 Å². The van der Waals surface area contributed by atoms with Crippen LogP contribution in [0.1, 0.15) is 12.0 Å². The highest BCUT2D eigenvalue weighted by atomic mass is 32.2. The molecule has 1 aliphatic heterocycles. The Balaban J connectivity index is 1.57. The van der Waals surface area contributed by atoms with Crippen molar-refractivity contribution in [1.82, 2.24) is 4.90 Å². The van der Waals surface area contributed by atoms with Crippen LogP contribution in [0.2, 0.25) is 0 Å². The van der Waals surface area contributed by atoms with Crippen LogP contribution in [-0.2, 0) is 9.59 Å². The first-order valence-corrected chi connectivity index (χ1v) is 9.61. The van der Waals surface area contributed by atoms with Crippen molar-refractivity contribution < 1.29 is 18.9 Å². The zero-order valence-corrected chi connectivity index (χ0v) is 16.5. The summed E-state index contributed by atoms with van der Waals surface area (Å²) in [5.74, 6) is -1.03. The van der Waals surface area contributed by atoms with Crippen molar-refractivity contribution in [2.75, 3.05) is 11.9 Å². The molecule has 2 aromatic carbocycles. The summed E-state index contributed by atoms with van der Waals surface area (Å²) in [4.78, 5) is 36.5. The van der Waals surface area contributed by atoms with Crippen LogP contribution in [-0.4, -0.2) is 32.5 Å². The molecule has 0 spiro atoms. The minimum Gasteiger partial charge on any atom is -0.326 e. The van der Waals surface area contributed by atoms with Gasteiger partial charge in [-0.15, -0.1) is 0 Å². The van der Waals surface area contributed by atoms with Crippen molar-refractivity contribution in [1.29, 1.82) is 0 Å². The summed E-state index contributed by atoms with van der Waals surface area (Å²) in [5, 5.41) is 13.3. The molecule has 0 bridgehead atoms. The lowest BCUT2D eigenvalue weighted by Crippen LogP contribution is -2.31. The molecule has 0 atom stereocenters. The molecule has 0 unspecified atom stereocenters. The van der Waals surface area contributed by atoms with E-state index in [1.54, 1.807) is 18.2 Å². The third-order valence-electron chi connectivity index (χ3n) is 3.97. The van der Waals surface area contributed by atoms with E-state index in [-0.39, 0.29) is 36.3 Å². The Kier molecular flexibility index (Phi) is 6.35. The van der Waals surface area contributed by atoms with Gasteiger partial charge in [0.1, 0.15) is 10.1 Å². The lowest BCUT2D eigenvalue weighted by atomic mass is 10.2. The van der Waals surface area contributed by atoms with Gasteiger partial charge in [0.15, 0.2) is 0 Å². The minimum atomic E-state index is -0.528. The SMILES string of the molecule is O=C(CCN1C(=O)/C(=C/c2ccc(F)cc2)SC1=S)Nc1ccc([N+](=O)[O-])cc1. The summed E-state index contributed by atoms with van der Waals surface area (Å²) < 4.78 is 13.3. The lowest BCUT2D eigenvalue weighted by Gasteiger charge is -2.14. The number of amides is 2. The summed E-state index contributed by atoms with van der Waals surface area (Å²) in [7, 11) is 0. The number of nitrogens with one attached hydrogen (secondary N) is 1. The molecule has 0 aliphatic carbocycles. The first-order valence-electron chi connectivity index (χ1n) is 8.39. The highest BCUT2D eigenvalue weighted by molar-refractivity contribution is 8.26. The van der Waals surface area contributed by atoms with Crippen LogP contribution in [0.4, 0.5) is 15.8 Å². The molecule has 7 nitrogen and oxygen atoms in total. The van der Waals surface area contributed by atoms with Gasteiger partial charge in [0.05, 0.1) is 9.83 Å². The number of nitrogens with zero attached hydrogens (tertiary/aromatic N) is 2. The van der Waals surface area contributed by atoms with Crippen LogP contribution in [0.15, 0.2) is 53.4 Å². The molecule has 0 saturated carbocycles. The Morgan fingerprint density at radius 3 is 2.48 bits per heavy atom. The van der Waals surface area contributed by atoms with E-state index in [9.17, 15) is 24.1 Å². The Hall–Kier alpha value is -3.11. The smallest absolute Gasteiger partial charge is 0.269 e. The van der Waals surface area contributed by atoms with Crippen molar-refractivity contribution in [3.63, 3.8) is 0 Å². The van der Waals surface area contributed by atoms with Gasteiger partial charge in [-0.25, -0.2) is 4.39 Å². The van der Waals surface area contributed by atoms with Gasteiger partial charge >= 0.3 is 0 Å².